The van der Waals surface area contributed by atoms with Crippen LogP contribution in [0, 0.1) is 0 Å². The quantitative estimate of drug-likeness (QED) is 0.424. The molecule has 0 saturated heterocycles. The van der Waals surface area contributed by atoms with Crippen LogP contribution in [0.1, 0.15) is 30.9 Å². The van der Waals surface area contributed by atoms with E-state index >= 15 is 0 Å². The number of benzene rings is 2. The summed E-state index contributed by atoms with van der Waals surface area (Å²) >= 11 is 0. The van der Waals surface area contributed by atoms with Crippen LogP contribution in [0.25, 0.3) is 5.69 Å². The minimum atomic E-state index is -6.00. The van der Waals surface area contributed by atoms with Gasteiger partial charge in [-0.15, -0.1) is 5.10 Å². The first-order chi connectivity index (χ1) is 15.7. The molecule has 0 saturated carbocycles. The maximum atomic E-state index is 13.0. The lowest BCUT2D eigenvalue weighted by Crippen LogP contribution is -2.53. The number of urea groups is 1. The third-order valence-electron chi connectivity index (χ3n) is 4.94. The summed E-state index contributed by atoms with van der Waals surface area (Å²) in [6.07, 6.45) is -10.6. The number of halogens is 6. The minimum absolute atomic E-state index is 0.0468. The standard InChI is InChI=1S/C21H19F6N5O2/c1-12(2)13-3-9-16(10-4-13)32-11-17(30-31-32)29-18(33)28-15-7-5-14(6-8-15)19(34,20(22,23)24)21(25,26)27/h3-12,34H,1-2H3,(H2,28,29,33). The fourth-order valence-electron chi connectivity index (χ4n) is 3.02. The lowest BCUT2D eigenvalue weighted by Gasteiger charge is -2.32. The molecule has 1 heterocycles. The highest BCUT2D eigenvalue weighted by molar-refractivity contribution is 5.99. The Morgan fingerprint density at radius 2 is 1.47 bits per heavy atom. The monoisotopic (exact) mass is 487 g/mol. The van der Waals surface area contributed by atoms with Crippen molar-refractivity contribution in [3.8, 4) is 5.69 Å². The zero-order chi connectivity index (χ0) is 25.3. The smallest absolute Gasteiger partial charge is 0.369 e. The van der Waals surface area contributed by atoms with E-state index in [1.54, 1.807) is 0 Å². The third kappa shape index (κ3) is 4.98. The van der Waals surface area contributed by atoms with Gasteiger partial charge in [-0.25, -0.2) is 9.48 Å². The molecule has 3 aromatic rings. The van der Waals surface area contributed by atoms with Crippen molar-refractivity contribution in [2.24, 2.45) is 0 Å². The Morgan fingerprint density at radius 1 is 0.912 bits per heavy atom. The van der Waals surface area contributed by atoms with Crippen LogP contribution in [0.4, 0.5) is 42.6 Å². The van der Waals surface area contributed by atoms with E-state index in [-0.39, 0.29) is 11.5 Å². The van der Waals surface area contributed by atoms with E-state index in [2.05, 4.69) is 20.9 Å². The fraction of sp³-hybridized carbons (Fsp3) is 0.286. The van der Waals surface area contributed by atoms with Crippen molar-refractivity contribution in [2.75, 3.05) is 10.6 Å². The second-order valence-electron chi connectivity index (χ2n) is 7.66. The van der Waals surface area contributed by atoms with Crippen LogP contribution in [-0.2, 0) is 5.60 Å². The number of aromatic nitrogens is 3. The molecular formula is C21H19F6N5O2. The van der Waals surface area contributed by atoms with Gasteiger partial charge in [0.25, 0.3) is 5.60 Å². The van der Waals surface area contributed by atoms with Gasteiger partial charge in [0.05, 0.1) is 11.9 Å². The molecule has 0 aliphatic carbocycles. The highest BCUT2D eigenvalue weighted by Crippen LogP contribution is 2.50. The summed E-state index contributed by atoms with van der Waals surface area (Å²) < 4.78 is 79.1. The number of rotatable bonds is 5. The first-order valence-electron chi connectivity index (χ1n) is 9.79. The van der Waals surface area contributed by atoms with Crippen LogP contribution in [0.2, 0.25) is 0 Å². The third-order valence-corrected chi connectivity index (χ3v) is 4.94. The van der Waals surface area contributed by atoms with Crippen molar-refractivity contribution >= 4 is 17.5 Å². The largest absolute Gasteiger partial charge is 0.430 e. The summed E-state index contributed by atoms with van der Waals surface area (Å²) in [5, 5.41) is 21.7. The predicted molar refractivity (Wildman–Crippen MR) is 111 cm³/mol. The molecule has 0 aliphatic rings. The molecular weight excluding hydrogens is 468 g/mol. The van der Waals surface area contributed by atoms with Crippen molar-refractivity contribution < 1.29 is 36.2 Å². The number of alkyl halides is 6. The SMILES string of the molecule is CC(C)c1ccc(-n2cc(NC(=O)Nc3ccc(C(O)(C(F)(F)F)C(F)(F)F)cc3)nn2)cc1. The van der Waals surface area contributed by atoms with Crippen molar-refractivity contribution in [1.29, 1.82) is 0 Å². The van der Waals surface area contributed by atoms with Gasteiger partial charge in [0.1, 0.15) is 0 Å². The Bertz CT molecular complexity index is 1120. The Balaban J connectivity index is 1.68. The molecule has 0 atom stereocenters. The van der Waals surface area contributed by atoms with Crippen LogP contribution in [0.15, 0.2) is 54.7 Å². The number of carbonyl (C=O) groups is 1. The number of aliphatic hydroxyl groups is 1. The van der Waals surface area contributed by atoms with E-state index < -0.39 is 29.5 Å². The summed E-state index contributed by atoms with van der Waals surface area (Å²) in [6.45, 7) is 4.09. The van der Waals surface area contributed by atoms with E-state index in [9.17, 15) is 36.2 Å². The van der Waals surface area contributed by atoms with E-state index in [0.717, 1.165) is 17.7 Å². The van der Waals surface area contributed by atoms with Gasteiger partial charge in [0.15, 0.2) is 5.82 Å². The molecule has 3 N–H and O–H groups in total. The lowest BCUT2D eigenvalue weighted by molar-refractivity contribution is -0.376. The average molecular weight is 487 g/mol. The normalized spacial score (nSPS) is 12.6. The van der Waals surface area contributed by atoms with Gasteiger partial charge in [-0.05, 0) is 35.7 Å². The maximum Gasteiger partial charge on any atom is 0.430 e. The first-order valence-corrected chi connectivity index (χ1v) is 9.79. The van der Waals surface area contributed by atoms with E-state index in [4.69, 9.17) is 0 Å². The van der Waals surface area contributed by atoms with Gasteiger partial charge < -0.3 is 10.4 Å². The number of anilines is 2. The number of nitrogens with zero attached hydrogens (tertiary/aromatic N) is 3. The molecule has 0 radical (unpaired) electrons. The lowest BCUT2D eigenvalue weighted by atomic mass is 9.92. The Kier molecular flexibility index (Phi) is 6.60. The van der Waals surface area contributed by atoms with Crippen LogP contribution in [0.3, 0.4) is 0 Å². The van der Waals surface area contributed by atoms with Crippen LogP contribution >= 0.6 is 0 Å². The Labute approximate surface area is 189 Å². The van der Waals surface area contributed by atoms with E-state index in [1.807, 2.05) is 38.1 Å². The number of nitrogens with one attached hydrogen (secondary N) is 2. The van der Waals surface area contributed by atoms with Gasteiger partial charge in [-0.1, -0.05) is 43.3 Å². The zero-order valence-corrected chi connectivity index (χ0v) is 17.7. The molecule has 34 heavy (non-hydrogen) atoms. The maximum absolute atomic E-state index is 13.0. The van der Waals surface area contributed by atoms with Gasteiger partial charge in [-0.2, -0.15) is 26.3 Å². The summed E-state index contributed by atoms with van der Waals surface area (Å²) in [7, 11) is 0. The minimum Gasteiger partial charge on any atom is -0.369 e. The first kappa shape index (κ1) is 25.0. The Hall–Kier alpha value is -3.61. The molecule has 7 nitrogen and oxygen atoms in total. The molecule has 182 valence electrons. The van der Waals surface area contributed by atoms with Gasteiger partial charge in [0, 0.05) is 11.3 Å². The summed E-state index contributed by atoms with van der Waals surface area (Å²) in [5.41, 5.74) is -4.80. The van der Waals surface area contributed by atoms with E-state index in [0.29, 0.717) is 23.7 Å². The number of hydrogen-bond donors (Lipinski definition) is 3. The molecule has 2 aromatic carbocycles. The van der Waals surface area contributed by atoms with Crippen molar-refractivity contribution in [3.05, 3.63) is 65.9 Å². The second kappa shape index (κ2) is 8.97. The molecule has 13 heteroatoms. The molecule has 3 rings (SSSR count). The number of amides is 2. The van der Waals surface area contributed by atoms with Crippen LogP contribution < -0.4 is 10.6 Å². The molecule has 0 aliphatic heterocycles. The highest BCUT2D eigenvalue weighted by Gasteiger charge is 2.71. The van der Waals surface area contributed by atoms with Gasteiger partial charge >= 0.3 is 18.4 Å². The molecule has 0 spiro atoms. The van der Waals surface area contributed by atoms with Crippen molar-refractivity contribution in [3.63, 3.8) is 0 Å². The van der Waals surface area contributed by atoms with Crippen LogP contribution in [-0.4, -0.2) is 38.5 Å². The predicted octanol–water partition coefficient (Wildman–Crippen LogP) is 5.35. The van der Waals surface area contributed by atoms with Gasteiger partial charge in [-0.3, -0.25) is 5.32 Å². The molecule has 2 amide bonds. The molecule has 0 bridgehead atoms. The second-order valence-corrected chi connectivity index (χ2v) is 7.66. The molecule has 0 unspecified atom stereocenters. The topological polar surface area (TPSA) is 92.1 Å². The molecule has 0 fully saturated rings. The summed E-state index contributed by atoms with van der Waals surface area (Å²) in [4.78, 5) is 12.1. The summed E-state index contributed by atoms with van der Waals surface area (Å²) in [6, 6.07) is 9.05. The van der Waals surface area contributed by atoms with E-state index in [1.165, 1.54) is 10.9 Å². The van der Waals surface area contributed by atoms with Gasteiger partial charge in [0.2, 0.25) is 0 Å². The molecule has 1 aromatic heterocycles. The zero-order valence-electron chi connectivity index (χ0n) is 17.7. The Morgan fingerprint density at radius 3 is 1.97 bits per heavy atom. The number of hydrogen-bond acceptors (Lipinski definition) is 4. The highest BCUT2D eigenvalue weighted by atomic mass is 19.4. The fourth-order valence-corrected chi connectivity index (χ4v) is 3.02. The summed E-state index contributed by atoms with van der Waals surface area (Å²) in [5.74, 6) is 0.390. The average Bonchev–Trinajstić information content (AvgIpc) is 3.20. The number of carbonyl (C=O) groups excluding carboxylic acids is 1. The van der Waals surface area contributed by atoms with Crippen molar-refractivity contribution in [2.45, 2.75) is 37.7 Å². The van der Waals surface area contributed by atoms with Crippen LogP contribution in [0.5, 0.6) is 0 Å². The van der Waals surface area contributed by atoms with Crippen molar-refractivity contribution in [1.82, 2.24) is 15.0 Å².